The van der Waals surface area contributed by atoms with Gasteiger partial charge < -0.3 is 15.0 Å². The minimum absolute atomic E-state index is 0.152. The fourth-order valence-corrected chi connectivity index (χ4v) is 4.37. The second kappa shape index (κ2) is 10.0. The van der Waals surface area contributed by atoms with E-state index in [4.69, 9.17) is 4.74 Å². The van der Waals surface area contributed by atoms with Crippen LogP contribution in [0.3, 0.4) is 0 Å². The Morgan fingerprint density at radius 2 is 1.85 bits per heavy atom. The molecule has 1 aromatic heterocycles. The highest BCUT2D eigenvalue weighted by molar-refractivity contribution is 8.00. The Hall–Kier alpha value is -3.44. The molecule has 1 N–H and O–H groups in total. The van der Waals surface area contributed by atoms with Crippen LogP contribution in [0, 0.1) is 17.0 Å². The van der Waals surface area contributed by atoms with Crippen LogP contribution in [-0.4, -0.2) is 57.1 Å². The van der Waals surface area contributed by atoms with Crippen LogP contribution >= 0.6 is 11.8 Å². The number of benzene rings is 2. The lowest BCUT2D eigenvalue weighted by Gasteiger charge is -2.28. The van der Waals surface area contributed by atoms with Gasteiger partial charge in [-0.3, -0.25) is 19.5 Å². The third-order valence-corrected chi connectivity index (χ3v) is 6.32. The summed E-state index contributed by atoms with van der Waals surface area (Å²) in [5.74, 6) is 0.336. The number of hydrogen-bond acceptors (Lipinski definition) is 8. The molecule has 172 valence electrons. The first kappa shape index (κ1) is 22.7. The SMILES string of the molecule is Cc1ccccc1-n1c(SC(C)C(=O)Nc2ccccc2[N+](=O)[O-])nnc1N1CCOCC1. The quantitative estimate of drug-likeness (QED) is 0.319. The Bertz CT molecular complexity index is 1160. The molecule has 4 rings (SSSR count). The van der Waals surface area contributed by atoms with Gasteiger partial charge in [-0.2, -0.15) is 0 Å². The number of rotatable bonds is 7. The van der Waals surface area contributed by atoms with Gasteiger partial charge in [0.05, 0.1) is 29.1 Å². The smallest absolute Gasteiger partial charge is 0.292 e. The number of carbonyl (C=O) groups excluding carboxylic acids is 1. The number of amides is 1. The Kier molecular flexibility index (Phi) is 6.90. The van der Waals surface area contributed by atoms with Crippen molar-refractivity contribution in [3.05, 3.63) is 64.2 Å². The summed E-state index contributed by atoms with van der Waals surface area (Å²) in [4.78, 5) is 25.7. The van der Waals surface area contributed by atoms with Crippen LogP contribution in [-0.2, 0) is 9.53 Å². The molecule has 10 nitrogen and oxygen atoms in total. The highest BCUT2D eigenvalue weighted by Gasteiger charge is 2.26. The number of aromatic nitrogens is 3. The second-order valence-electron chi connectivity index (χ2n) is 7.53. The molecule has 0 bridgehead atoms. The van der Waals surface area contributed by atoms with Crippen molar-refractivity contribution in [2.45, 2.75) is 24.3 Å². The first-order valence-electron chi connectivity index (χ1n) is 10.5. The van der Waals surface area contributed by atoms with Gasteiger partial charge in [0, 0.05) is 19.2 Å². The van der Waals surface area contributed by atoms with E-state index in [1.54, 1.807) is 19.1 Å². The summed E-state index contributed by atoms with van der Waals surface area (Å²) in [5.41, 5.74) is 1.98. The molecule has 1 amide bonds. The van der Waals surface area contributed by atoms with Gasteiger partial charge in [0.15, 0.2) is 5.16 Å². The predicted octanol–water partition coefficient (Wildman–Crippen LogP) is 3.44. The van der Waals surface area contributed by atoms with Crippen molar-refractivity contribution in [3.8, 4) is 5.69 Å². The molecular formula is C22H24N6O4S. The predicted molar refractivity (Wildman–Crippen MR) is 126 cm³/mol. The maximum absolute atomic E-state index is 12.9. The molecule has 1 atom stereocenters. The van der Waals surface area contributed by atoms with Gasteiger partial charge in [0.25, 0.3) is 5.69 Å². The highest BCUT2D eigenvalue weighted by atomic mass is 32.2. The number of aryl methyl sites for hydroxylation is 1. The monoisotopic (exact) mass is 468 g/mol. The van der Waals surface area contributed by atoms with Crippen molar-refractivity contribution in [3.63, 3.8) is 0 Å². The summed E-state index contributed by atoms with van der Waals surface area (Å²) in [7, 11) is 0. The molecule has 2 aromatic carbocycles. The highest BCUT2D eigenvalue weighted by Crippen LogP contribution is 2.32. The maximum Gasteiger partial charge on any atom is 0.292 e. The van der Waals surface area contributed by atoms with Gasteiger partial charge in [-0.05, 0) is 31.5 Å². The average molecular weight is 469 g/mol. The number of nitrogens with one attached hydrogen (secondary N) is 1. The van der Waals surface area contributed by atoms with Crippen LogP contribution in [0.1, 0.15) is 12.5 Å². The molecule has 2 heterocycles. The number of thioether (sulfide) groups is 1. The first-order valence-corrected chi connectivity index (χ1v) is 11.4. The average Bonchev–Trinajstić information content (AvgIpc) is 3.23. The third kappa shape index (κ3) is 4.99. The molecule has 1 saturated heterocycles. The Morgan fingerprint density at radius 3 is 2.58 bits per heavy atom. The molecule has 0 saturated carbocycles. The number of nitro groups is 1. The second-order valence-corrected chi connectivity index (χ2v) is 8.84. The molecular weight excluding hydrogens is 444 g/mol. The minimum atomic E-state index is -0.575. The van der Waals surface area contributed by atoms with E-state index in [-0.39, 0.29) is 17.3 Å². The zero-order chi connectivity index (χ0) is 23.4. The zero-order valence-corrected chi connectivity index (χ0v) is 19.1. The third-order valence-electron chi connectivity index (χ3n) is 5.28. The molecule has 1 aliphatic heterocycles. The van der Waals surface area contributed by atoms with E-state index in [1.807, 2.05) is 35.8 Å². The van der Waals surface area contributed by atoms with Crippen LogP contribution in [0.2, 0.25) is 0 Å². The topological polar surface area (TPSA) is 115 Å². The Morgan fingerprint density at radius 1 is 1.15 bits per heavy atom. The molecule has 0 spiro atoms. The van der Waals surface area contributed by atoms with Gasteiger partial charge in [0.2, 0.25) is 11.9 Å². The van der Waals surface area contributed by atoms with Crippen molar-refractivity contribution in [2.75, 3.05) is 36.5 Å². The van der Waals surface area contributed by atoms with Crippen molar-refractivity contribution in [1.82, 2.24) is 14.8 Å². The number of morpholine rings is 1. The van der Waals surface area contributed by atoms with Crippen LogP contribution in [0.5, 0.6) is 0 Å². The van der Waals surface area contributed by atoms with Crippen molar-refractivity contribution >= 4 is 35.0 Å². The van der Waals surface area contributed by atoms with E-state index in [1.165, 1.54) is 23.9 Å². The minimum Gasteiger partial charge on any atom is -0.378 e. The summed E-state index contributed by atoms with van der Waals surface area (Å²) >= 11 is 1.25. The maximum atomic E-state index is 12.9. The first-order chi connectivity index (χ1) is 16.0. The van der Waals surface area contributed by atoms with Crippen LogP contribution in [0.25, 0.3) is 5.69 Å². The molecule has 0 aliphatic carbocycles. The summed E-state index contributed by atoms with van der Waals surface area (Å²) in [6.45, 7) is 6.36. The number of anilines is 2. The van der Waals surface area contributed by atoms with E-state index in [0.717, 1.165) is 11.3 Å². The molecule has 11 heteroatoms. The van der Waals surface area contributed by atoms with Gasteiger partial charge in [-0.15, -0.1) is 10.2 Å². The summed E-state index contributed by atoms with van der Waals surface area (Å²) in [5, 5.41) is 22.7. The molecule has 1 unspecified atom stereocenters. The zero-order valence-electron chi connectivity index (χ0n) is 18.3. The number of para-hydroxylation sites is 3. The molecule has 1 aliphatic rings. The van der Waals surface area contributed by atoms with E-state index < -0.39 is 10.2 Å². The molecule has 3 aromatic rings. The van der Waals surface area contributed by atoms with Crippen LogP contribution in [0.4, 0.5) is 17.3 Å². The number of nitrogens with zero attached hydrogens (tertiary/aromatic N) is 5. The van der Waals surface area contributed by atoms with E-state index in [9.17, 15) is 14.9 Å². The van der Waals surface area contributed by atoms with Gasteiger partial charge >= 0.3 is 0 Å². The lowest BCUT2D eigenvalue weighted by atomic mass is 10.2. The largest absolute Gasteiger partial charge is 0.378 e. The van der Waals surface area contributed by atoms with Crippen LogP contribution in [0.15, 0.2) is 53.7 Å². The van der Waals surface area contributed by atoms with Crippen molar-refractivity contribution in [2.24, 2.45) is 0 Å². The fraction of sp³-hybridized carbons (Fsp3) is 0.318. The van der Waals surface area contributed by atoms with E-state index in [0.29, 0.717) is 37.4 Å². The van der Waals surface area contributed by atoms with Crippen molar-refractivity contribution < 1.29 is 14.5 Å². The van der Waals surface area contributed by atoms with E-state index >= 15 is 0 Å². The molecule has 1 fully saturated rings. The lowest BCUT2D eigenvalue weighted by Crippen LogP contribution is -2.38. The van der Waals surface area contributed by atoms with Gasteiger partial charge in [0.1, 0.15) is 5.69 Å². The standard InChI is InChI=1S/C22H24N6O4S/c1-15-7-3-5-9-18(15)27-21(26-11-13-32-14-12-26)24-25-22(27)33-16(2)20(29)23-17-8-4-6-10-19(17)28(30)31/h3-10,16H,11-14H2,1-2H3,(H,23,29). The normalized spacial score (nSPS) is 14.7. The van der Waals surface area contributed by atoms with Crippen molar-refractivity contribution in [1.29, 1.82) is 0 Å². The number of carbonyl (C=O) groups is 1. The Balaban J connectivity index is 1.61. The lowest BCUT2D eigenvalue weighted by molar-refractivity contribution is -0.383. The summed E-state index contributed by atoms with van der Waals surface area (Å²) in [6.07, 6.45) is 0. The van der Waals surface area contributed by atoms with Crippen LogP contribution < -0.4 is 10.2 Å². The van der Waals surface area contributed by atoms with Gasteiger partial charge in [-0.1, -0.05) is 42.1 Å². The summed E-state index contributed by atoms with van der Waals surface area (Å²) in [6, 6.07) is 14.0. The molecule has 33 heavy (non-hydrogen) atoms. The number of nitro benzene ring substituents is 1. The molecule has 0 radical (unpaired) electrons. The summed E-state index contributed by atoms with van der Waals surface area (Å²) < 4.78 is 7.43. The number of hydrogen-bond donors (Lipinski definition) is 1. The van der Waals surface area contributed by atoms with E-state index in [2.05, 4.69) is 20.4 Å². The fourth-order valence-electron chi connectivity index (χ4n) is 3.52. The number of ether oxygens (including phenoxy) is 1. The van der Waals surface area contributed by atoms with Gasteiger partial charge in [-0.25, -0.2) is 0 Å². The Labute approximate surface area is 195 Å².